The third-order valence-corrected chi connectivity index (χ3v) is 3.40. The number of amides is 1. The smallest absolute Gasteiger partial charge is 0.317 e. The first-order valence-electron chi connectivity index (χ1n) is 7.71. The number of carboxylic acid groups (broad SMARTS) is 1. The molecule has 0 aliphatic heterocycles. The predicted octanol–water partition coefficient (Wildman–Crippen LogP) is 2.64. The molecule has 1 amide bonds. The molecular formula is C17H27ClN2O3. The number of rotatable bonds is 9. The maximum atomic E-state index is 12.5. The maximum Gasteiger partial charge on any atom is 0.317 e. The minimum atomic E-state index is -0.902. The highest BCUT2D eigenvalue weighted by atomic mass is 35.5. The molecule has 0 aliphatic carbocycles. The number of nitrogens with zero attached hydrogens (tertiary/aromatic N) is 2. The molecule has 130 valence electrons. The molecule has 0 fully saturated rings. The van der Waals surface area contributed by atoms with Crippen molar-refractivity contribution in [2.24, 2.45) is 0 Å². The van der Waals surface area contributed by atoms with Crippen molar-refractivity contribution in [3.63, 3.8) is 0 Å². The summed E-state index contributed by atoms with van der Waals surface area (Å²) in [6.07, 6.45) is 0.820. The molecule has 0 saturated carbocycles. The fraction of sp³-hybridized carbons (Fsp3) is 0.529. The van der Waals surface area contributed by atoms with Crippen molar-refractivity contribution in [3.05, 3.63) is 35.9 Å². The van der Waals surface area contributed by atoms with Gasteiger partial charge in [-0.1, -0.05) is 37.3 Å². The molecular weight excluding hydrogens is 316 g/mol. The average Bonchev–Trinajstić information content (AvgIpc) is 2.45. The third kappa shape index (κ3) is 8.00. The number of halogens is 1. The van der Waals surface area contributed by atoms with Gasteiger partial charge in [-0.25, -0.2) is 0 Å². The summed E-state index contributed by atoms with van der Waals surface area (Å²) in [6.45, 7) is 7.12. The Labute approximate surface area is 144 Å². The molecule has 5 nitrogen and oxygen atoms in total. The van der Waals surface area contributed by atoms with Crippen molar-refractivity contribution in [3.8, 4) is 0 Å². The van der Waals surface area contributed by atoms with E-state index in [1.807, 2.05) is 51.1 Å². The Morgan fingerprint density at radius 3 is 2.22 bits per heavy atom. The minimum absolute atomic E-state index is 0. The van der Waals surface area contributed by atoms with Crippen LogP contribution in [-0.4, -0.2) is 52.5 Å². The molecule has 0 heterocycles. The number of carbonyl (C=O) groups is 2. The molecule has 1 N–H and O–H groups in total. The van der Waals surface area contributed by atoms with Crippen LogP contribution in [0.2, 0.25) is 0 Å². The summed E-state index contributed by atoms with van der Waals surface area (Å²) in [6, 6.07) is 9.90. The number of hydrogen-bond donors (Lipinski definition) is 1. The number of aliphatic carboxylic acids is 1. The molecule has 0 radical (unpaired) electrons. The first-order chi connectivity index (χ1) is 10.4. The topological polar surface area (TPSA) is 60.9 Å². The summed E-state index contributed by atoms with van der Waals surface area (Å²) in [5.74, 6) is -0.936. The number of carbonyl (C=O) groups excluding carboxylic acids is 1. The summed E-state index contributed by atoms with van der Waals surface area (Å²) in [5, 5.41) is 8.94. The van der Waals surface area contributed by atoms with Gasteiger partial charge < -0.3 is 10.0 Å². The lowest BCUT2D eigenvalue weighted by atomic mass is 10.2. The predicted molar refractivity (Wildman–Crippen MR) is 93.7 cm³/mol. The van der Waals surface area contributed by atoms with Gasteiger partial charge in [0.15, 0.2) is 0 Å². The third-order valence-electron chi connectivity index (χ3n) is 3.40. The van der Waals surface area contributed by atoms with Gasteiger partial charge in [-0.2, -0.15) is 0 Å². The van der Waals surface area contributed by atoms with E-state index in [-0.39, 0.29) is 37.4 Å². The second-order valence-electron chi connectivity index (χ2n) is 5.71. The van der Waals surface area contributed by atoms with E-state index in [4.69, 9.17) is 5.11 Å². The Balaban J connectivity index is 0.00000484. The van der Waals surface area contributed by atoms with Gasteiger partial charge in [-0.05, 0) is 32.4 Å². The van der Waals surface area contributed by atoms with Gasteiger partial charge in [0.1, 0.15) is 0 Å². The van der Waals surface area contributed by atoms with Crippen molar-refractivity contribution >= 4 is 24.3 Å². The van der Waals surface area contributed by atoms with Crippen LogP contribution < -0.4 is 0 Å². The zero-order valence-corrected chi connectivity index (χ0v) is 14.9. The van der Waals surface area contributed by atoms with Crippen LogP contribution >= 0.6 is 12.4 Å². The lowest BCUT2D eigenvalue weighted by Gasteiger charge is -2.29. The van der Waals surface area contributed by atoms with E-state index >= 15 is 0 Å². The molecule has 0 aliphatic rings. The largest absolute Gasteiger partial charge is 0.480 e. The van der Waals surface area contributed by atoms with Gasteiger partial charge in [-0.3, -0.25) is 14.5 Å². The van der Waals surface area contributed by atoms with Gasteiger partial charge in [-0.15, -0.1) is 12.4 Å². The monoisotopic (exact) mass is 342 g/mol. The van der Waals surface area contributed by atoms with Crippen molar-refractivity contribution in [2.45, 2.75) is 39.8 Å². The van der Waals surface area contributed by atoms with Crippen LogP contribution in [0.15, 0.2) is 30.3 Å². The minimum Gasteiger partial charge on any atom is -0.480 e. The van der Waals surface area contributed by atoms with Crippen LogP contribution in [-0.2, 0) is 16.1 Å². The molecule has 1 rings (SSSR count). The van der Waals surface area contributed by atoms with E-state index in [1.165, 1.54) is 0 Å². The fourth-order valence-electron chi connectivity index (χ4n) is 2.34. The highest BCUT2D eigenvalue weighted by Crippen LogP contribution is 2.09. The van der Waals surface area contributed by atoms with Crippen LogP contribution in [0.5, 0.6) is 0 Å². The molecule has 0 atom stereocenters. The van der Waals surface area contributed by atoms with E-state index in [9.17, 15) is 9.59 Å². The van der Waals surface area contributed by atoms with Crippen molar-refractivity contribution in [2.75, 3.05) is 19.6 Å². The maximum absolute atomic E-state index is 12.5. The normalized spacial score (nSPS) is 10.5. The Kier molecular flexibility index (Phi) is 10.3. The Morgan fingerprint density at radius 2 is 1.74 bits per heavy atom. The van der Waals surface area contributed by atoms with Crippen LogP contribution in [0.4, 0.5) is 0 Å². The van der Waals surface area contributed by atoms with E-state index in [2.05, 4.69) is 0 Å². The number of hydrogen-bond acceptors (Lipinski definition) is 3. The van der Waals surface area contributed by atoms with Gasteiger partial charge in [0.05, 0.1) is 13.1 Å². The molecule has 0 aromatic heterocycles. The Hall–Kier alpha value is -1.59. The van der Waals surface area contributed by atoms with Gasteiger partial charge in [0.25, 0.3) is 0 Å². The molecule has 0 spiro atoms. The molecule has 0 bridgehead atoms. The molecule has 6 heteroatoms. The van der Waals surface area contributed by atoms with E-state index in [1.54, 1.807) is 9.80 Å². The van der Waals surface area contributed by atoms with Crippen LogP contribution in [0, 0.1) is 0 Å². The highest BCUT2D eigenvalue weighted by molar-refractivity contribution is 5.85. The van der Waals surface area contributed by atoms with E-state index in [0.717, 1.165) is 12.0 Å². The van der Waals surface area contributed by atoms with Gasteiger partial charge in [0, 0.05) is 12.6 Å². The van der Waals surface area contributed by atoms with Crippen LogP contribution in [0.3, 0.4) is 0 Å². The summed E-state index contributed by atoms with van der Waals surface area (Å²) in [4.78, 5) is 26.9. The fourth-order valence-corrected chi connectivity index (χ4v) is 2.34. The standard InChI is InChI=1S/C17H26N2O3.ClH/c1-4-10-18(13-17(21)22)12-16(20)19(14(2)3)11-15-8-6-5-7-9-15;/h5-9,14H,4,10-13H2,1-3H3,(H,21,22);1H. The Morgan fingerprint density at radius 1 is 1.13 bits per heavy atom. The van der Waals surface area contributed by atoms with Crippen molar-refractivity contribution < 1.29 is 14.7 Å². The lowest BCUT2D eigenvalue weighted by molar-refractivity contribution is -0.140. The summed E-state index contributed by atoms with van der Waals surface area (Å²) in [5.41, 5.74) is 1.07. The van der Waals surface area contributed by atoms with E-state index in [0.29, 0.717) is 13.1 Å². The second kappa shape index (κ2) is 11.0. The first-order valence-corrected chi connectivity index (χ1v) is 7.71. The average molecular weight is 343 g/mol. The zero-order valence-electron chi connectivity index (χ0n) is 14.1. The van der Waals surface area contributed by atoms with Crippen LogP contribution in [0.1, 0.15) is 32.8 Å². The van der Waals surface area contributed by atoms with Crippen LogP contribution in [0.25, 0.3) is 0 Å². The van der Waals surface area contributed by atoms with Gasteiger partial charge in [0.2, 0.25) is 5.91 Å². The quantitative estimate of drug-likeness (QED) is 0.749. The molecule has 1 aromatic rings. The highest BCUT2D eigenvalue weighted by Gasteiger charge is 2.21. The zero-order chi connectivity index (χ0) is 16.5. The summed E-state index contributed by atoms with van der Waals surface area (Å²) < 4.78 is 0. The van der Waals surface area contributed by atoms with E-state index < -0.39 is 5.97 Å². The number of carboxylic acids is 1. The SMILES string of the molecule is CCCN(CC(=O)O)CC(=O)N(Cc1ccccc1)C(C)C.Cl. The summed E-state index contributed by atoms with van der Waals surface area (Å²) >= 11 is 0. The molecule has 1 aromatic carbocycles. The second-order valence-corrected chi connectivity index (χ2v) is 5.71. The Bertz CT molecular complexity index is 480. The van der Waals surface area contributed by atoms with Crippen molar-refractivity contribution in [1.29, 1.82) is 0 Å². The molecule has 23 heavy (non-hydrogen) atoms. The lowest BCUT2D eigenvalue weighted by Crippen LogP contribution is -2.44. The van der Waals surface area contributed by atoms with Crippen molar-refractivity contribution in [1.82, 2.24) is 9.80 Å². The number of benzene rings is 1. The summed E-state index contributed by atoms with van der Waals surface area (Å²) in [7, 11) is 0. The molecule has 0 unspecified atom stereocenters. The molecule has 0 saturated heterocycles. The first kappa shape index (κ1) is 21.4. The van der Waals surface area contributed by atoms with Gasteiger partial charge >= 0.3 is 5.97 Å².